The molecule has 1 amide bonds. The Morgan fingerprint density at radius 2 is 2.17 bits per heavy atom. The van der Waals surface area contributed by atoms with Crippen LogP contribution in [0.15, 0.2) is 42.1 Å². The van der Waals surface area contributed by atoms with Crippen molar-refractivity contribution in [3.05, 3.63) is 58.4 Å². The van der Waals surface area contributed by atoms with E-state index in [-0.39, 0.29) is 5.91 Å². The first-order chi connectivity index (χ1) is 8.72. The molecule has 0 unspecified atom stereocenters. The van der Waals surface area contributed by atoms with Gasteiger partial charge in [0.25, 0.3) is 5.91 Å². The molecule has 0 saturated heterocycles. The molecule has 1 aromatic heterocycles. The molecule has 1 aliphatic heterocycles. The number of nitrogens with one attached hydrogen (secondary N) is 2. The van der Waals surface area contributed by atoms with Crippen molar-refractivity contribution in [3.63, 3.8) is 0 Å². The molecule has 90 valence electrons. The standard InChI is InChI=1S/C14H11ClN2O/c15-11-3-4-13-9(7-11)6-10(14(18)17-13)8-12-2-1-5-16-12/h1-5,7-8,16H,6H2,(H,17,18)/b10-8+. The molecule has 1 aromatic carbocycles. The average molecular weight is 259 g/mol. The van der Waals surface area contributed by atoms with Gasteiger partial charge in [-0.2, -0.15) is 0 Å². The molecule has 3 nitrogen and oxygen atoms in total. The summed E-state index contributed by atoms with van der Waals surface area (Å²) in [5, 5.41) is 3.55. The minimum atomic E-state index is -0.0561. The third-order valence-corrected chi connectivity index (χ3v) is 3.17. The van der Waals surface area contributed by atoms with Gasteiger partial charge in [0.1, 0.15) is 0 Å². The van der Waals surface area contributed by atoms with Gasteiger partial charge >= 0.3 is 0 Å². The van der Waals surface area contributed by atoms with Crippen LogP contribution in [0.5, 0.6) is 0 Å². The van der Waals surface area contributed by atoms with Crippen LogP contribution < -0.4 is 5.32 Å². The first-order valence-corrected chi connectivity index (χ1v) is 6.04. The van der Waals surface area contributed by atoms with Gasteiger partial charge in [-0.25, -0.2) is 0 Å². The van der Waals surface area contributed by atoms with Crippen molar-refractivity contribution in [2.45, 2.75) is 6.42 Å². The van der Waals surface area contributed by atoms with E-state index in [0.717, 1.165) is 22.5 Å². The molecule has 4 heteroatoms. The van der Waals surface area contributed by atoms with Gasteiger partial charge in [0.15, 0.2) is 0 Å². The largest absolute Gasteiger partial charge is 0.362 e. The fourth-order valence-corrected chi connectivity index (χ4v) is 2.25. The van der Waals surface area contributed by atoms with E-state index in [2.05, 4.69) is 10.3 Å². The van der Waals surface area contributed by atoms with E-state index in [4.69, 9.17) is 11.6 Å². The van der Waals surface area contributed by atoms with Gasteiger partial charge in [-0.3, -0.25) is 4.79 Å². The number of amides is 1. The first kappa shape index (κ1) is 11.1. The van der Waals surface area contributed by atoms with E-state index in [1.807, 2.05) is 36.5 Å². The highest BCUT2D eigenvalue weighted by Crippen LogP contribution is 2.28. The third kappa shape index (κ3) is 2.05. The fourth-order valence-electron chi connectivity index (χ4n) is 2.06. The summed E-state index contributed by atoms with van der Waals surface area (Å²) in [4.78, 5) is 15.0. The zero-order chi connectivity index (χ0) is 12.5. The Labute approximate surface area is 109 Å². The summed E-state index contributed by atoms with van der Waals surface area (Å²) in [7, 11) is 0. The Balaban J connectivity index is 1.98. The molecule has 0 radical (unpaired) electrons. The summed E-state index contributed by atoms with van der Waals surface area (Å²) in [5.41, 5.74) is 3.53. The van der Waals surface area contributed by atoms with Crippen LogP contribution in [0.1, 0.15) is 11.3 Å². The molecule has 3 rings (SSSR count). The van der Waals surface area contributed by atoms with E-state index in [0.29, 0.717) is 11.4 Å². The number of aromatic amines is 1. The second-order valence-electron chi connectivity index (χ2n) is 4.23. The predicted molar refractivity (Wildman–Crippen MR) is 72.6 cm³/mol. The Hall–Kier alpha value is -2.00. The van der Waals surface area contributed by atoms with Gasteiger partial charge in [-0.15, -0.1) is 0 Å². The molecular formula is C14H11ClN2O. The molecule has 18 heavy (non-hydrogen) atoms. The molecular weight excluding hydrogens is 248 g/mol. The normalized spacial score (nSPS) is 16.5. The Morgan fingerprint density at radius 1 is 1.28 bits per heavy atom. The van der Waals surface area contributed by atoms with Gasteiger partial charge in [0, 0.05) is 34.6 Å². The van der Waals surface area contributed by atoms with E-state index in [9.17, 15) is 4.79 Å². The van der Waals surface area contributed by atoms with Crippen LogP contribution in [0.2, 0.25) is 5.02 Å². The molecule has 0 bridgehead atoms. The summed E-state index contributed by atoms with van der Waals surface area (Å²) in [6, 6.07) is 9.33. The highest BCUT2D eigenvalue weighted by Gasteiger charge is 2.20. The van der Waals surface area contributed by atoms with Crippen LogP contribution in [0.4, 0.5) is 5.69 Å². The quantitative estimate of drug-likeness (QED) is 0.758. The van der Waals surface area contributed by atoms with E-state index in [1.54, 1.807) is 6.07 Å². The van der Waals surface area contributed by atoms with Crippen LogP contribution in [0.3, 0.4) is 0 Å². The van der Waals surface area contributed by atoms with Gasteiger partial charge < -0.3 is 10.3 Å². The number of carbonyl (C=O) groups excluding carboxylic acids is 1. The van der Waals surface area contributed by atoms with Crippen molar-refractivity contribution in [3.8, 4) is 0 Å². The lowest BCUT2D eigenvalue weighted by atomic mass is 9.98. The maximum atomic E-state index is 11.9. The van der Waals surface area contributed by atoms with E-state index >= 15 is 0 Å². The van der Waals surface area contributed by atoms with Crippen molar-refractivity contribution < 1.29 is 4.79 Å². The van der Waals surface area contributed by atoms with Crippen LogP contribution in [-0.2, 0) is 11.2 Å². The number of H-pyrrole nitrogens is 1. The topological polar surface area (TPSA) is 44.9 Å². The number of halogens is 1. The monoisotopic (exact) mass is 258 g/mol. The summed E-state index contributed by atoms with van der Waals surface area (Å²) < 4.78 is 0. The van der Waals surface area contributed by atoms with Crippen molar-refractivity contribution in [1.29, 1.82) is 0 Å². The third-order valence-electron chi connectivity index (χ3n) is 2.94. The predicted octanol–water partition coefficient (Wildman–Crippen LogP) is 3.25. The number of benzene rings is 1. The molecule has 2 aromatic rings. The molecule has 0 aliphatic carbocycles. The van der Waals surface area contributed by atoms with E-state index in [1.165, 1.54) is 0 Å². The number of hydrogen-bond donors (Lipinski definition) is 2. The summed E-state index contributed by atoms with van der Waals surface area (Å²) in [5.74, 6) is -0.0561. The van der Waals surface area contributed by atoms with Crippen molar-refractivity contribution in [1.82, 2.24) is 4.98 Å². The Bertz CT molecular complexity index is 629. The molecule has 0 spiro atoms. The number of hydrogen-bond acceptors (Lipinski definition) is 1. The molecule has 2 heterocycles. The number of rotatable bonds is 1. The van der Waals surface area contributed by atoms with Gasteiger partial charge in [0.2, 0.25) is 0 Å². The first-order valence-electron chi connectivity index (χ1n) is 5.66. The number of carbonyl (C=O) groups is 1. The van der Waals surface area contributed by atoms with Gasteiger partial charge in [-0.1, -0.05) is 11.6 Å². The van der Waals surface area contributed by atoms with Gasteiger partial charge in [0.05, 0.1) is 0 Å². The Morgan fingerprint density at radius 3 is 2.94 bits per heavy atom. The number of anilines is 1. The minimum absolute atomic E-state index is 0.0561. The zero-order valence-corrected chi connectivity index (χ0v) is 10.3. The van der Waals surface area contributed by atoms with Crippen molar-refractivity contribution >= 4 is 29.3 Å². The van der Waals surface area contributed by atoms with Crippen molar-refractivity contribution in [2.75, 3.05) is 5.32 Å². The van der Waals surface area contributed by atoms with E-state index < -0.39 is 0 Å². The summed E-state index contributed by atoms with van der Waals surface area (Å²) in [6.07, 6.45) is 4.29. The molecule has 0 fully saturated rings. The molecule has 0 saturated carbocycles. The SMILES string of the molecule is O=C1Nc2ccc(Cl)cc2C/C1=C\c1ccc[nH]1. The minimum Gasteiger partial charge on any atom is -0.362 e. The number of aromatic nitrogens is 1. The lowest BCUT2D eigenvalue weighted by molar-refractivity contribution is -0.113. The van der Waals surface area contributed by atoms with Crippen LogP contribution in [0, 0.1) is 0 Å². The maximum Gasteiger partial charge on any atom is 0.252 e. The van der Waals surface area contributed by atoms with Crippen LogP contribution in [-0.4, -0.2) is 10.9 Å². The Kier molecular flexibility index (Phi) is 2.68. The summed E-state index contributed by atoms with van der Waals surface area (Å²) >= 11 is 5.97. The second kappa shape index (κ2) is 4.35. The second-order valence-corrected chi connectivity index (χ2v) is 4.66. The zero-order valence-electron chi connectivity index (χ0n) is 9.53. The fraction of sp³-hybridized carbons (Fsp3) is 0.0714. The highest BCUT2D eigenvalue weighted by atomic mass is 35.5. The molecule has 2 N–H and O–H groups in total. The van der Waals surface area contributed by atoms with Gasteiger partial charge in [-0.05, 0) is 42.0 Å². The van der Waals surface area contributed by atoms with Crippen LogP contribution >= 0.6 is 11.6 Å². The maximum absolute atomic E-state index is 11.9. The lowest BCUT2D eigenvalue weighted by Crippen LogP contribution is -2.22. The smallest absolute Gasteiger partial charge is 0.252 e. The molecule has 1 aliphatic rings. The van der Waals surface area contributed by atoms with Crippen LogP contribution in [0.25, 0.3) is 6.08 Å². The van der Waals surface area contributed by atoms with Crippen molar-refractivity contribution in [2.24, 2.45) is 0 Å². The lowest BCUT2D eigenvalue weighted by Gasteiger charge is -2.19. The molecule has 0 atom stereocenters. The number of fused-ring (bicyclic) bond motifs is 1. The average Bonchev–Trinajstić information content (AvgIpc) is 2.83. The highest BCUT2D eigenvalue weighted by molar-refractivity contribution is 6.30. The summed E-state index contributed by atoms with van der Waals surface area (Å²) in [6.45, 7) is 0.